The largest absolute Gasteiger partial charge is 0.141 e. The summed E-state index contributed by atoms with van der Waals surface area (Å²) in [6.07, 6.45) is 0. The Bertz CT molecular complexity index is 3120. The zero-order valence-electron chi connectivity index (χ0n) is 29.1. The molecule has 0 nitrogen and oxygen atoms in total. The fraction of sp³-hybridized carbons (Fsp3) is 0.0196. The average Bonchev–Trinajstić information content (AvgIpc) is 3.82. The van der Waals surface area contributed by atoms with Crippen LogP contribution in [0.25, 0.3) is 107 Å². The molecule has 2 aromatic heterocycles. The maximum Gasteiger partial charge on any atom is 0.0434 e. The summed E-state index contributed by atoms with van der Waals surface area (Å²) in [5.41, 5.74) is 9.05. The second-order valence-corrected chi connectivity index (χ2v) is 16.3. The maximum absolute atomic E-state index is 2.45. The Balaban J connectivity index is 1.18. The van der Waals surface area contributed by atoms with Gasteiger partial charge in [0, 0.05) is 41.1 Å². The van der Waals surface area contributed by atoms with Crippen molar-refractivity contribution in [2.24, 2.45) is 0 Å². The van der Waals surface area contributed by atoms with Crippen LogP contribution in [0.5, 0.6) is 0 Å². The number of hydrogen-bond acceptors (Lipinski definition) is 2. The van der Waals surface area contributed by atoms with Crippen molar-refractivity contribution in [3.8, 4) is 43.8 Å². The Morgan fingerprint density at radius 1 is 0.321 bits per heavy atom. The molecule has 0 atom stereocenters. The maximum atomic E-state index is 2.45. The van der Waals surface area contributed by atoms with E-state index in [1.54, 1.807) is 0 Å². The van der Waals surface area contributed by atoms with E-state index in [1.165, 1.54) is 112 Å². The van der Waals surface area contributed by atoms with E-state index in [-0.39, 0.29) is 0 Å². The summed E-state index contributed by atoms with van der Waals surface area (Å²) < 4.78 is 2.64. The summed E-state index contributed by atoms with van der Waals surface area (Å²) in [4.78, 5) is 2.66. The number of hydrogen-bond donors (Lipinski definition) is 0. The molecule has 0 fully saturated rings. The van der Waals surface area contributed by atoms with Gasteiger partial charge in [0.1, 0.15) is 0 Å². The molecule has 2 heterocycles. The minimum absolute atomic E-state index is 1.25. The lowest BCUT2D eigenvalue weighted by Crippen LogP contribution is -1.90. The molecule has 0 amide bonds. The van der Waals surface area contributed by atoms with E-state index >= 15 is 0 Å². The molecule has 0 aliphatic carbocycles. The molecule has 0 unspecified atom stereocenters. The smallest absolute Gasteiger partial charge is 0.0434 e. The summed E-state index contributed by atoms with van der Waals surface area (Å²) >= 11 is 3.79. The molecule has 0 spiro atoms. The van der Waals surface area contributed by atoms with Gasteiger partial charge in [0.25, 0.3) is 0 Å². The Labute approximate surface area is 315 Å². The van der Waals surface area contributed by atoms with Crippen molar-refractivity contribution in [1.82, 2.24) is 0 Å². The topological polar surface area (TPSA) is 0 Å². The highest BCUT2D eigenvalue weighted by Crippen LogP contribution is 2.50. The van der Waals surface area contributed by atoms with Gasteiger partial charge in [-0.05, 0) is 102 Å². The number of fused-ring (bicyclic) bond motifs is 7. The first-order valence-corrected chi connectivity index (χ1v) is 19.8. The van der Waals surface area contributed by atoms with Gasteiger partial charge in [0.05, 0.1) is 0 Å². The molecule has 0 N–H and O–H groups in total. The average molecular weight is 709 g/mol. The first-order chi connectivity index (χ1) is 26.2. The number of rotatable bonds is 4. The minimum atomic E-state index is 1.25. The third-order valence-electron chi connectivity index (χ3n) is 11.0. The molecule has 11 aromatic rings. The summed E-state index contributed by atoms with van der Waals surface area (Å²) in [5, 5.41) is 13.0. The van der Waals surface area contributed by atoms with Gasteiger partial charge in [-0.2, -0.15) is 0 Å². The minimum Gasteiger partial charge on any atom is -0.141 e. The van der Waals surface area contributed by atoms with Gasteiger partial charge in [0.2, 0.25) is 0 Å². The Morgan fingerprint density at radius 2 is 0.811 bits per heavy atom. The third kappa shape index (κ3) is 4.66. The molecule has 9 aromatic carbocycles. The Hall–Kier alpha value is -6.06. The summed E-state index contributed by atoms with van der Waals surface area (Å²) in [7, 11) is 0. The predicted octanol–water partition coefficient (Wildman–Crippen LogP) is 15.7. The van der Waals surface area contributed by atoms with E-state index in [1.807, 2.05) is 22.7 Å². The first-order valence-electron chi connectivity index (χ1n) is 18.2. The lowest BCUT2D eigenvalue weighted by molar-refractivity contribution is 1.64. The summed E-state index contributed by atoms with van der Waals surface area (Å²) in [5.74, 6) is 0. The highest BCUT2D eigenvalue weighted by atomic mass is 32.1. The van der Waals surface area contributed by atoms with Crippen molar-refractivity contribution in [3.63, 3.8) is 0 Å². The van der Waals surface area contributed by atoms with Crippen molar-refractivity contribution >= 4 is 85.9 Å². The van der Waals surface area contributed by atoms with Gasteiger partial charge in [0.15, 0.2) is 0 Å². The molecule has 248 valence electrons. The van der Waals surface area contributed by atoms with Crippen LogP contribution in [0.4, 0.5) is 0 Å². The number of benzene rings is 9. The van der Waals surface area contributed by atoms with Crippen LogP contribution >= 0.6 is 22.7 Å². The van der Waals surface area contributed by atoms with E-state index in [0.717, 1.165) is 0 Å². The molecule has 0 aliphatic heterocycles. The summed E-state index contributed by atoms with van der Waals surface area (Å²) in [6, 6.07) is 65.4. The Kier molecular flexibility index (Phi) is 6.92. The molecule has 0 aliphatic rings. The van der Waals surface area contributed by atoms with Gasteiger partial charge in [-0.3, -0.25) is 0 Å². The van der Waals surface area contributed by atoms with Crippen molar-refractivity contribution in [2.75, 3.05) is 0 Å². The number of thiophene rings is 2. The number of aryl methyl sites for hydroxylation is 1. The molecule has 0 radical (unpaired) electrons. The van der Waals surface area contributed by atoms with Gasteiger partial charge in [-0.25, -0.2) is 0 Å². The van der Waals surface area contributed by atoms with Crippen LogP contribution in [0.15, 0.2) is 176 Å². The van der Waals surface area contributed by atoms with Crippen molar-refractivity contribution in [2.45, 2.75) is 6.92 Å². The van der Waals surface area contributed by atoms with Crippen molar-refractivity contribution in [3.05, 3.63) is 181 Å². The van der Waals surface area contributed by atoms with E-state index in [4.69, 9.17) is 0 Å². The highest BCUT2D eigenvalue weighted by molar-refractivity contribution is 7.26. The van der Waals surface area contributed by atoms with Crippen LogP contribution in [-0.4, -0.2) is 0 Å². The highest BCUT2D eigenvalue weighted by Gasteiger charge is 2.21. The fourth-order valence-corrected chi connectivity index (χ4v) is 10.9. The predicted molar refractivity (Wildman–Crippen MR) is 234 cm³/mol. The monoisotopic (exact) mass is 708 g/mol. The molecule has 0 saturated heterocycles. The first kappa shape index (κ1) is 30.6. The quantitative estimate of drug-likeness (QED) is 0.160. The SMILES string of the molecule is Cc1ccc(-c2c3ccccc3c(-c3ccc4sc5c(-c6c7ccccc7c(-c7ccccc7)c7ccccc67)cccc5c4c3)c3ccccc23)s1. The van der Waals surface area contributed by atoms with E-state index < -0.39 is 0 Å². The van der Waals surface area contributed by atoms with Crippen LogP contribution < -0.4 is 0 Å². The second-order valence-electron chi connectivity index (χ2n) is 14.0. The molecular formula is C51H32S2. The Morgan fingerprint density at radius 3 is 1.36 bits per heavy atom. The van der Waals surface area contributed by atoms with E-state index in [2.05, 4.69) is 183 Å². The third-order valence-corrected chi connectivity index (χ3v) is 13.2. The summed E-state index contributed by atoms with van der Waals surface area (Å²) in [6.45, 7) is 2.20. The van der Waals surface area contributed by atoms with E-state index in [9.17, 15) is 0 Å². The van der Waals surface area contributed by atoms with Crippen LogP contribution in [-0.2, 0) is 0 Å². The van der Waals surface area contributed by atoms with Crippen LogP contribution in [0.3, 0.4) is 0 Å². The second kappa shape index (κ2) is 12.0. The molecule has 11 rings (SSSR count). The van der Waals surface area contributed by atoms with Crippen LogP contribution in [0, 0.1) is 6.92 Å². The van der Waals surface area contributed by atoms with Crippen LogP contribution in [0.1, 0.15) is 4.88 Å². The van der Waals surface area contributed by atoms with Gasteiger partial charge >= 0.3 is 0 Å². The zero-order chi connectivity index (χ0) is 35.0. The van der Waals surface area contributed by atoms with Gasteiger partial charge in [-0.1, -0.05) is 152 Å². The fourth-order valence-electron chi connectivity index (χ4n) is 8.76. The molecule has 53 heavy (non-hydrogen) atoms. The molecule has 0 saturated carbocycles. The van der Waals surface area contributed by atoms with Gasteiger partial charge in [-0.15, -0.1) is 22.7 Å². The molecule has 0 bridgehead atoms. The molecule has 2 heteroatoms. The normalized spacial score (nSPS) is 11.9. The van der Waals surface area contributed by atoms with Gasteiger partial charge < -0.3 is 0 Å². The standard InChI is InChI=1S/C51H32S2/c1-31-26-28-46(52-31)50-40-22-11-7-18-36(40)48(37-19-8-12-23-41(37)50)33-27-29-45-44(30-33)42-24-13-25-43(51(42)53-45)49-38-20-9-5-16-34(38)47(32-14-3-2-4-15-32)35-17-6-10-21-39(35)49/h2-30H,1H3. The zero-order valence-corrected chi connectivity index (χ0v) is 30.7. The van der Waals surface area contributed by atoms with Crippen molar-refractivity contribution < 1.29 is 0 Å². The van der Waals surface area contributed by atoms with E-state index in [0.29, 0.717) is 0 Å². The molecular weight excluding hydrogens is 677 g/mol. The lowest BCUT2D eigenvalue weighted by atomic mass is 9.85. The van der Waals surface area contributed by atoms with Crippen LogP contribution in [0.2, 0.25) is 0 Å². The lowest BCUT2D eigenvalue weighted by Gasteiger charge is -2.18. The van der Waals surface area contributed by atoms with Crippen molar-refractivity contribution in [1.29, 1.82) is 0 Å².